The zero-order valence-electron chi connectivity index (χ0n) is 18.6. The van der Waals surface area contributed by atoms with Crippen molar-refractivity contribution >= 4 is 5.78 Å². The molecule has 0 aliphatic rings. The number of ketones is 1. The van der Waals surface area contributed by atoms with Gasteiger partial charge in [0, 0.05) is 5.92 Å². The highest BCUT2D eigenvalue weighted by Gasteiger charge is 2.35. The van der Waals surface area contributed by atoms with Gasteiger partial charge >= 0.3 is 0 Å². The van der Waals surface area contributed by atoms with Gasteiger partial charge in [-0.3, -0.25) is 4.79 Å². The average molecular weight is 419 g/mol. The summed E-state index contributed by atoms with van der Waals surface area (Å²) in [5.74, 6) is 0.329. The topological polar surface area (TPSA) is 17.1 Å². The van der Waals surface area contributed by atoms with Gasteiger partial charge in [-0.1, -0.05) is 121 Å². The van der Waals surface area contributed by atoms with Crippen molar-refractivity contribution in [1.82, 2.24) is 0 Å². The largest absolute Gasteiger partial charge is 0.300 e. The molecule has 2 unspecified atom stereocenters. The van der Waals surface area contributed by atoms with Crippen LogP contribution >= 0.6 is 0 Å². The lowest BCUT2D eigenvalue weighted by atomic mass is 9.69. The summed E-state index contributed by atoms with van der Waals surface area (Å²) in [4.78, 5) is 13.4. The first-order chi connectivity index (χ1) is 15.7. The lowest BCUT2D eigenvalue weighted by molar-refractivity contribution is -0.122. The predicted molar refractivity (Wildman–Crippen MR) is 133 cm³/mol. The standard InChI is InChI=1S/C31H30O/c1-24(32)31(29(27-18-10-4-11-19-27)22-25-14-6-2-7-15-25)30(28-20-12-5-13-21-28)23-26-16-8-3-9-17-26/h2-21,29-31H,22-23H2,1H3. The van der Waals surface area contributed by atoms with Crippen molar-refractivity contribution in [1.29, 1.82) is 0 Å². The van der Waals surface area contributed by atoms with Crippen molar-refractivity contribution in [3.8, 4) is 0 Å². The normalized spacial score (nSPS) is 13.8. The molecular weight excluding hydrogens is 388 g/mol. The predicted octanol–water partition coefficient (Wildman–Crippen LogP) is 7.24. The SMILES string of the molecule is CC(=O)C(C(Cc1ccccc1)c1ccccc1)C(Cc1ccccc1)c1ccccc1. The van der Waals surface area contributed by atoms with Crippen LogP contribution in [-0.2, 0) is 17.6 Å². The molecule has 2 atom stereocenters. The summed E-state index contributed by atoms with van der Waals surface area (Å²) >= 11 is 0. The molecule has 0 bridgehead atoms. The summed E-state index contributed by atoms with van der Waals surface area (Å²) in [6.07, 6.45) is 1.68. The van der Waals surface area contributed by atoms with Gasteiger partial charge < -0.3 is 0 Å². The van der Waals surface area contributed by atoms with E-state index in [4.69, 9.17) is 0 Å². The van der Waals surface area contributed by atoms with Gasteiger partial charge in [-0.25, -0.2) is 0 Å². The van der Waals surface area contributed by atoms with E-state index in [0.29, 0.717) is 0 Å². The third-order valence-electron chi connectivity index (χ3n) is 6.39. The van der Waals surface area contributed by atoms with Crippen LogP contribution < -0.4 is 0 Å². The minimum atomic E-state index is -0.125. The van der Waals surface area contributed by atoms with Crippen LogP contribution in [0.3, 0.4) is 0 Å². The summed E-state index contributed by atoms with van der Waals surface area (Å²) in [6.45, 7) is 1.77. The van der Waals surface area contributed by atoms with E-state index < -0.39 is 0 Å². The second-order valence-electron chi connectivity index (χ2n) is 8.55. The Morgan fingerprint density at radius 3 is 1.16 bits per heavy atom. The average Bonchev–Trinajstić information content (AvgIpc) is 2.85. The molecule has 4 aromatic carbocycles. The monoisotopic (exact) mass is 418 g/mol. The van der Waals surface area contributed by atoms with Crippen LogP contribution in [0.4, 0.5) is 0 Å². The van der Waals surface area contributed by atoms with Crippen LogP contribution in [0.2, 0.25) is 0 Å². The number of rotatable bonds is 9. The van der Waals surface area contributed by atoms with Crippen molar-refractivity contribution in [2.75, 3.05) is 0 Å². The molecule has 4 rings (SSSR count). The molecule has 0 saturated heterocycles. The van der Waals surface area contributed by atoms with Gasteiger partial charge in [-0.2, -0.15) is 0 Å². The van der Waals surface area contributed by atoms with Crippen LogP contribution in [0.25, 0.3) is 0 Å². The maximum absolute atomic E-state index is 13.4. The van der Waals surface area contributed by atoms with Gasteiger partial charge in [-0.05, 0) is 53.9 Å². The molecule has 0 fully saturated rings. The molecule has 1 nitrogen and oxygen atoms in total. The Bertz CT molecular complexity index is 1000. The highest BCUT2D eigenvalue weighted by atomic mass is 16.1. The molecule has 0 radical (unpaired) electrons. The number of carbonyl (C=O) groups is 1. The van der Waals surface area contributed by atoms with Gasteiger partial charge in [0.1, 0.15) is 5.78 Å². The zero-order valence-corrected chi connectivity index (χ0v) is 18.6. The first-order valence-corrected chi connectivity index (χ1v) is 11.4. The molecule has 0 aromatic heterocycles. The lowest BCUT2D eigenvalue weighted by Crippen LogP contribution is -2.30. The molecule has 0 spiro atoms. The van der Waals surface area contributed by atoms with Crippen LogP contribution in [0, 0.1) is 5.92 Å². The fourth-order valence-corrected chi connectivity index (χ4v) is 4.89. The molecule has 32 heavy (non-hydrogen) atoms. The fraction of sp³-hybridized carbons (Fsp3) is 0.194. The molecule has 0 N–H and O–H groups in total. The quantitative estimate of drug-likeness (QED) is 0.280. The Morgan fingerprint density at radius 1 is 0.531 bits per heavy atom. The molecule has 0 aliphatic heterocycles. The highest BCUT2D eigenvalue weighted by molar-refractivity contribution is 5.80. The van der Waals surface area contributed by atoms with Gasteiger partial charge in [-0.15, -0.1) is 0 Å². The van der Waals surface area contributed by atoms with E-state index in [1.807, 2.05) is 24.3 Å². The summed E-state index contributed by atoms with van der Waals surface area (Å²) in [5, 5.41) is 0. The molecular formula is C31H30O. The number of Topliss-reactive ketones (excluding diaryl/α,β-unsaturated/α-hetero) is 1. The van der Waals surface area contributed by atoms with Crippen molar-refractivity contribution < 1.29 is 4.79 Å². The fourth-order valence-electron chi connectivity index (χ4n) is 4.89. The van der Waals surface area contributed by atoms with Gasteiger partial charge in [0.15, 0.2) is 0 Å². The third kappa shape index (κ3) is 5.42. The second kappa shape index (κ2) is 10.7. The third-order valence-corrected chi connectivity index (χ3v) is 6.39. The van der Waals surface area contributed by atoms with Crippen LogP contribution in [0.15, 0.2) is 121 Å². The Kier molecular flexibility index (Phi) is 7.30. The molecule has 0 aliphatic carbocycles. The minimum Gasteiger partial charge on any atom is -0.300 e. The van der Waals surface area contributed by atoms with Gasteiger partial charge in [0.2, 0.25) is 0 Å². The van der Waals surface area contributed by atoms with Crippen molar-refractivity contribution in [2.45, 2.75) is 31.6 Å². The summed E-state index contributed by atoms with van der Waals surface area (Å²) < 4.78 is 0. The maximum atomic E-state index is 13.4. The van der Waals surface area contributed by atoms with Gasteiger partial charge in [0.25, 0.3) is 0 Å². The second-order valence-corrected chi connectivity index (χ2v) is 8.55. The Morgan fingerprint density at radius 2 is 0.844 bits per heavy atom. The first kappa shape index (κ1) is 21.8. The minimum absolute atomic E-state index is 0.102. The number of benzene rings is 4. The summed E-state index contributed by atoms with van der Waals surface area (Å²) in [7, 11) is 0. The van der Waals surface area contributed by atoms with Crippen molar-refractivity contribution in [3.63, 3.8) is 0 Å². The Balaban J connectivity index is 1.80. The van der Waals surface area contributed by atoms with Crippen molar-refractivity contribution in [2.24, 2.45) is 5.92 Å². The Hall–Kier alpha value is -3.45. The molecule has 4 aromatic rings. The van der Waals surface area contributed by atoms with E-state index in [2.05, 4.69) is 97.1 Å². The molecule has 0 saturated carbocycles. The molecule has 0 amide bonds. The van der Waals surface area contributed by atoms with E-state index in [1.165, 1.54) is 22.3 Å². The molecule has 160 valence electrons. The first-order valence-electron chi connectivity index (χ1n) is 11.4. The molecule has 0 heterocycles. The van der Waals surface area contributed by atoms with Gasteiger partial charge in [0.05, 0.1) is 0 Å². The highest BCUT2D eigenvalue weighted by Crippen LogP contribution is 2.41. The lowest BCUT2D eigenvalue weighted by Gasteiger charge is -2.33. The zero-order chi connectivity index (χ0) is 22.2. The van der Waals surface area contributed by atoms with E-state index in [1.54, 1.807) is 6.92 Å². The van der Waals surface area contributed by atoms with Crippen molar-refractivity contribution in [3.05, 3.63) is 144 Å². The van der Waals surface area contributed by atoms with E-state index in [9.17, 15) is 4.79 Å². The van der Waals surface area contributed by atoms with Crippen LogP contribution in [0.1, 0.15) is 41.0 Å². The van der Waals surface area contributed by atoms with Crippen LogP contribution in [-0.4, -0.2) is 5.78 Å². The smallest absolute Gasteiger partial charge is 0.134 e. The van der Waals surface area contributed by atoms with E-state index in [-0.39, 0.29) is 23.5 Å². The number of hydrogen-bond acceptors (Lipinski definition) is 1. The number of carbonyl (C=O) groups excluding carboxylic acids is 1. The summed E-state index contributed by atoms with van der Waals surface area (Å²) in [6, 6.07) is 42.2. The molecule has 1 heteroatoms. The van der Waals surface area contributed by atoms with Crippen LogP contribution in [0.5, 0.6) is 0 Å². The summed E-state index contributed by atoms with van der Waals surface area (Å²) in [5.41, 5.74) is 4.98. The number of hydrogen-bond donors (Lipinski definition) is 0. The van der Waals surface area contributed by atoms with E-state index in [0.717, 1.165) is 12.8 Å². The Labute approximate surface area is 191 Å². The van der Waals surface area contributed by atoms with E-state index >= 15 is 0 Å². The maximum Gasteiger partial charge on any atom is 0.134 e.